The maximum atomic E-state index is 5.85. The van der Waals surface area contributed by atoms with Crippen molar-refractivity contribution in [2.75, 3.05) is 0 Å². The highest BCUT2D eigenvalue weighted by atomic mass is 35.5. The number of nitrogens with two attached hydrogens (primary N) is 1. The molecule has 1 aromatic rings. The van der Waals surface area contributed by atoms with Crippen molar-refractivity contribution in [1.29, 1.82) is 0 Å². The first kappa shape index (κ1) is 11.2. The Labute approximate surface area is 110 Å². The first-order valence-corrected chi connectivity index (χ1v) is 6.01. The molecule has 0 aliphatic carbocycles. The molecule has 0 bridgehead atoms. The van der Waals surface area contributed by atoms with Gasteiger partial charge in [0.25, 0.3) is 0 Å². The highest BCUT2D eigenvalue weighted by Gasteiger charge is 2.20. The Morgan fingerprint density at radius 1 is 1.17 bits per heavy atom. The second-order valence-corrected chi connectivity index (χ2v) is 4.66. The zero-order valence-corrected chi connectivity index (χ0v) is 10.4. The summed E-state index contributed by atoms with van der Waals surface area (Å²) < 4.78 is 0. The average Bonchev–Trinajstić information content (AvgIpc) is 2.73. The van der Waals surface area contributed by atoms with Crippen molar-refractivity contribution in [3.05, 3.63) is 46.7 Å². The molecule has 0 fully saturated rings. The van der Waals surface area contributed by atoms with E-state index >= 15 is 0 Å². The molecule has 0 amide bonds. The van der Waals surface area contributed by atoms with Gasteiger partial charge in [-0.05, 0) is 17.7 Å². The molecular formula is C13H11ClN4. The molecule has 90 valence electrons. The van der Waals surface area contributed by atoms with E-state index in [1.165, 1.54) is 0 Å². The Morgan fingerprint density at radius 2 is 1.94 bits per heavy atom. The molecule has 0 unspecified atom stereocenters. The van der Waals surface area contributed by atoms with Gasteiger partial charge in [0.15, 0.2) is 5.84 Å². The number of nitrogens with zero attached hydrogens (tertiary/aromatic N) is 3. The van der Waals surface area contributed by atoms with Crippen molar-refractivity contribution in [2.45, 2.75) is 12.8 Å². The van der Waals surface area contributed by atoms with Gasteiger partial charge in [-0.15, -0.1) is 0 Å². The van der Waals surface area contributed by atoms with E-state index < -0.39 is 0 Å². The lowest BCUT2D eigenvalue weighted by atomic mass is 10.1. The molecule has 0 atom stereocenters. The number of aliphatic imine (C=N–C) groups is 3. The quantitative estimate of drug-likeness (QED) is 0.869. The zero-order valence-electron chi connectivity index (χ0n) is 9.60. The fourth-order valence-corrected chi connectivity index (χ4v) is 2.01. The lowest BCUT2D eigenvalue weighted by Gasteiger charge is -2.04. The number of benzene rings is 1. The van der Waals surface area contributed by atoms with Gasteiger partial charge in [-0.3, -0.25) is 0 Å². The van der Waals surface area contributed by atoms with E-state index in [1.54, 1.807) is 6.20 Å². The van der Waals surface area contributed by atoms with Gasteiger partial charge < -0.3 is 5.73 Å². The third-order valence-corrected chi connectivity index (χ3v) is 3.01. The second kappa shape index (κ2) is 4.38. The summed E-state index contributed by atoms with van der Waals surface area (Å²) in [6.45, 7) is 0. The van der Waals surface area contributed by atoms with E-state index in [2.05, 4.69) is 15.0 Å². The van der Waals surface area contributed by atoms with Crippen LogP contribution >= 0.6 is 11.6 Å². The van der Waals surface area contributed by atoms with E-state index in [-0.39, 0.29) is 0 Å². The van der Waals surface area contributed by atoms with Crippen LogP contribution in [0.2, 0.25) is 5.02 Å². The van der Waals surface area contributed by atoms with Crippen molar-refractivity contribution >= 4 is 29.0 Å². The summed E-state index contributed by atoms with van der Waals surface area (Å²) in [7, 11) is 0. The maximum absolute atomic E-state index is 5.85. The Kier molecular flexibility index (Phi) is 2.72. The van der Waals surface area contributed by atoms with E-state index in [0.29, 0.717) is 18.7 Å². The smallest absolute Gasteiger partial charge is 0.176 e. The van der Waals surface area contributed by atoms with Crippen molar-refractivity contribution in [3.8, 4) is 0 Å². The first-order chi connectivity index (χ1) is 8.70. The summed E-state index contributed by atoms with van der Waals surface area (Å²) in [4.78, 5) is 13.0. The van der Waals surface area contributed by atoms with E-state index in [9.17, 15) is 0 Å². The summed E-state index contributed by atoms with van der Waals surface area (Å²) in [5.74, 6) is 1.46. The minimum atomic E-state index is 0.631. The van der Waals surface area contributed by atoms with Crippen molar-refractivity contribution in [2.24, 2.45) is 20.7 Å². The van der Waals surface area contributed by atoms with Crippen molar-refractivity contribution in [3.63, 3.8) is 0 Å². The van der Waals surface area contributed by atoms with Crippen LogP contribution < -0.4 is 5.73 Å². The van der Waals surface area contributed by atoms with Gasteiger partial charge in [0, 0.05) is 29.8 Å². The summed E-state index contributed by atoms with van der Waals surface area (Å²) >= 11 is 5.85. The molecular weight excluding hydrogens is 248 g/mol. The first-order valence-electron chi connectivity index (χ1n) is 5.63. The van der Waals surface area contributed by atoms with E-state index in [1.807, 2.05) is 24.3 Å². The van der Waals surface area contributed by atoms with E-state index in [0.717, 1.165) is 27.8 Å². The fourth-order valence-electron chi connectivity index (χ4n) is 1.89. The van der Waals surface area contributed by atoms with Gasteiger partial charge in [0.1, 0.15) is 5.84 Å². The number of fused-ring (bicyclic) bond motifs is 1. The Balaban J connectivity index is 1.79. The number of rotatable bonds is 2. The van der Waals surface area contributed by atoms with Gasteiger partial charge in [-0.2, -0.15) is 0 Å². The van der Waals surface area contributed by atoms with Crippen LogP contribution in [-0.4, -0.2) is 17.4 Å². The standard InChI is InChI=1S/C13H11ClN4/c14-9-3-1-8(2-4-9)5-12-17-11-6-10(15)7-16-13(11)18-12/h1-4,7H,5-6,15H2. The average molecular weight is 259 g/mol. The van der Waals surface area contributed by atoms with Gasteiger partial charge in [-0.1, -0.05) is 23.7 Å². The van der Waals surface area contributed by atoms with Crippen LogP contribution in [-0.2, 0) is 6.42 Å². The molecule has 2 heterocycles. The number of amidine groups is 2. The molecule has 18 heavy (non-hydrogen) atoms. The topological polar surface area (TPSA) is 63.1 Å². The minimum Gasteiger partial charge on any atom is -0.400 e. The summed E-state index contributed by atoms with van der Waals surface area (Å²) in [6.07, 6.45) is 2.95. The Hall–Kier alpha value is -1.94. The van der Waals surface area contributed by atoms with Crippen LogP contribution in [0, 0.1) is 0 Å². The molecule has 1 aromatic carbocycles. The molecule has 2 aliphatic rings. The number of hydrogen-bond acceptors (Lipinski definition) is 4. The SMILES string of the molecule is NC1=CN=C2N=C(Cc3ccc(Cl)cc3)N=C2C1. The van der Waals surface area contributed by atoms with Gasteiger partial charge in [0.05, 0.1) is 5.71 Å². The summed E-state index contributed by atoms with van der Waals surface area (Å²) in [5.41, 5.74) is 8.42. The molecule has 3 rings (SSSR count). The maximum Gasteiger partial charge on any atom is 0.176 e. The molecule has 5 heteroatoms. The van der Waals surface area contributed by atoms with Crippen LogP contribution in [0.15, 0.2) is 51.1 Å². The third kappa shape index (κ3) is 2.19. The highest BCUT2D eigenvalue weighted by Crippen LogP contribution is 2.16. The van der Waals surface area contributed by atoms with E-state index in [4.69, 9.17) is 17.3 Å². The van der Waals surface area contributed by atoms with Crippen LogP contribution in [0.5, 0.6) is 0 Å². The molecule has 0 radical (unpaired) electrons. The summed E-state index contributed by atoms with van der Waals surface area (Å²) in [5, 5.41) is 0.730. The van der Waals surface area contributed by atoms with Crippen LogP contribution in [0.1, 0.15) is 12.0 Å². The van der Waals surface area contributed by atoms with Gasteiger partial charge in [0.2, 0.25) is 0 Å². The Bertz CT molecular complexity index is 608. The third-order valence-electron chi connectivity index (χ3n) is 2.76. The molecule has 0 spiro atoms. The second-order valence-electron chi connectivity index (χ2n) is 4.22. The number of allylic oxidation sites excluding steroid dienone is 1. The monoisotopic (exact) mass is 258 g/mol. The highest BCUT2D eigenvalue weighted by molar-refractivity contribution is 6.48. The lowest BCUT2D eigenvalue weighted by Crippen LogP contribution is -2.16. The normalized spacial score (nSPS) is 17.6. The van der Waals surface area contributed by atoms with Crippen molar-refractivity contribution < 1.29 is 0 Å². The molecule has 0 saturated heterocycles. The van der Waals surface area contributed by atoms with Gasteiger partial charge in [-0.25, -0.2) is 15.0 Å². The largest absolute Gasteiger partial charge is 0.400 e. The molecule has 2 aliphatic heterocycles. The van der Waals surface area contributed by atoms with Crippen LogP contribution in [0.3, 0.4) is 0 Å². The number of hydrogen-bond donors (Lipinski definition) is 1. The molecule has 0 saturated carbocycles. The minimum absolute atomic E-state index is 0.631. The number of halogens is 1. The predicted molar refractivity (Wildman–Crippen MR) is 74.3 cm³/mol. The fraction of sp³-hybridized carbons (Fsp3) is 0.154. The van der Waals surface area contributed by atoms with Crippen LogP contribution in [0.25, 0.3) is 0 Å². The van der Waals surface area contributed by atoms with Crippen molar-refractivity contribution in [1.82, 2.24) is 0 Å². The molecule has 0 aromatic heterocycles. The molecule has 4 nitrogen and oxygen atoms in total. The summed E-state index contributed by atoms with van der Waals surface area (Å²) in [6, 6.07) is 7.68. The lowest BCUT2D eigenvalue weighted by molar-refractivity contribution is 1.17. The van der Waals surface area contributed by atoms with Gasteiger partial charge >= 0.3 is 0 Å². The predicted octanol–water partition coefficient (Wildman–Crippen LogP) is 2.34. The Morgan fingerprint density at radius 3 is 2.72 bits per heavy atom. The molecule has 2 N–H and O–H groups in total. The van der Waals surface area contributed by atoms with Crippen LogP contribution in [0.4, 0.5) is 0 Å². The zero-order chi connectivity index (χ0) is 12.5.